The number of halogens is 1. The number of hydrogen-bond donors (Lipinski definition) is 0. The van der Waals surface area contributed by atoms with Crippen molar-refractivity contribution in [1.82, 2.24) is 4.90 Å². The average molecular weight is 260 g/mol. The highest BCUT2D eigenvalue weighted by atomic mass is 32.2. The molecule has 3 rings (SSSR count). The number of benzene rings is 1. The number of carbonyl (C=O) groups excluding carboxylic acids is 1. The zero-order valence-corrected chi connectivity index (χ0v) is 10.2. The number of amidine groups is 1. The van der Waals surface area contributed by atoms with Crippen LogP contribution in [0.4, 0.5) is 4.39 Å². The number of aliphatic imine (C=N–C) groups is 1. The van der Waals surface area contributed by atoms with Crippen molar-refractivity contribution in [1.29, 1.82) is 0 Å². The van der Waals surface area contributed by atoms with E-state index in [9.17, 15) is 9.18 Å². The number of hydrogen-bond acceptors (Lipinski definition) is 3. The van der Waals surface area contributed by atoms with E-state index in [-0.39, 0.29) is 11.7 Å². The summed E-state index contributed by atoms with van der Waals surface area (Å²) in [5, 5.41) is 2.55. The minimum absolute atomic E-state index is 0.0643. The molecule has 1 aromatic rings. The van der Waals surface area contributed by atoms with Crippen LogP contribution in [0.2, 0.25) is 0 Å². The van der Waals surface area contributed by atoms with Crippen molar-refractivity contribution < 1.29 is 9.18 Å². The van der Waals surface area contributed by atoms with Crippen molar-refractivity contribution in [3.05, 3.63) is 52.8 Å². The minimum atomic E-state index is -0.286. The van der Waals surface area contributed by atoms with Crippen molar-refractivity contribution >= 4 is 28.9 Å². The molecule has 0 saturated carbocycles. The lowest BCUT2D eigenvalue weighted by molar-refractivity contribution is -0.121. The maximum absolute atomic E-state index is 12.8. The Kier molecular flexibility index (Phi) is 2.76. The second kappa shape index (κ2) is 4.42. The van der Waals surface area contributed by atoms with E-state index in [1.165, 1.54) is 28.8 Å². The molecule has 1 aromatic carbocycles. The Morgan fingerprint density at radius 3 is 2.89 bits per heavy atom. The number of carbonyl (C=O) groups is 1. The van der Waals surface area contributed by atoms with Crippen molar-refractivity contribution in [3.63, 3.8) is 0 Å². The van der Waals surface area contributed by atoms with Crippen molar-refractivity contribution in [2.75, 3.05) is 6.54 Å². The van der Waals surface area contributed by atoms with Crippen LogP contribution in [0.15, 0.2) is 46.4 Å². The van der Waals surface area contributed by atoms with E-state index < -0.39 is 0 Å². The molecule has 0 saturated heterocycles. The lowest BCUT2D eigenvalue weighted by atomic mass is 10.1. The summed E-state index contributed by atoms with van der Waals surface area (Å²) < 4.78 is 12.8. The van der Waals surface area contributed by atoms with Crippen LogP contribution in [-0.2, 0) is 4.79 Å². The predicted molar refractivity (Wildman–Crippen MR) is 70.3 cm³/mol. The minimum Gasteiger partial charge on any atom is -0.269 e. The fraction of sp³-hybridized carbons (Fsp3) is 0.0769. The van der Waals surface area contributed by atoms with E-state index in [0.29, 0.717) is 12.1 Å². The molecule has 0 N–H and O–H groups in total. The Morgan fingerprint density at radius 1 is 1.33 bits per heavy atom. The first kappa shape index (κ1) is 11.2. The zero-order valence-electron chi connectivity index (χ0n) is 9.34. The molecule has 0 spiro atoms. The lowest BCUT2D eigenvalue weighted by Crippen LogP contribution is -2.33. The molecule has 2 aliphatic heterocycles. The molecule has 3 nitrogen and oxygen atoms in total. The Balaban J connectivity index is 1.91. The standard InChI is InChI=1S/C13H9FN2OS/c14-11-3-1-9(2-4-11)7-10-8-15-13-16(12(10)17)5-6-18-13/h1-7H,8H2/b10-7-. The van der Waals surface area contributed by atoms with Crippen molar-refractivity contribution in [2.45, 2.75) is 0 Å². The molecule has 0 aliphatic carbocycles. The predicted octanol–water partition coefficient (Wildman–Crippen LogP) is 2.63. The molecule has 0 atom stereocenters. The molecule has 90 valence electrons. The topological polar surface area (TPSA) is 32.7 Å². The summed E-state index contributed by atoms with van der Waals surface area (Å²) in [5.41, 5.74) is 1.41. The van der Waals surface area contributed by atoms with Crippen LogP contribution >= 0.6 is 11.8 Å². The first-order valence-electron chi connectivity index (χ1n) is 5.41. The van der Waals surface area contributed by atoms with Crippen LogP contribution in [0.1, 0.15) is 5.56 Å². The molecule has 2 heterocycles. The summed E-state index contributed by atoms with van der Waals surface area (Å²) in [6, 6.07) is 6.03. The van der Waals surface area contributed by atoms with Gasteiger partial charge in [-0.25, -0.2) is 4.39 Å². The van der Waals surface area contributed by atoms with Gasteiger partial charge in [0.2, 0.25) is 0 Å². The van der Waals surface area contributed by atoms with Crippen molar-refractivity contribution in [2.24, 2.45) is 4.99 Å². The fourth-order valence-electron chi connectivity index (χ4n) is 1.78. The van der Waals surface area contributed by atoms with Gasteiger partial charge in [0.05, 0.1) is 6.54 Å². The van der Waals surface area contributed by atoms with Gasteiger partial charge in [-0.2, -0.15) is 0 Å². The molecule has 0 bridgehead atoms. The van der Waals surface area contributed by atoms with Gasteiger partial charge in [0.1, 0.15) is 5.82 Å². The number of nitrogens with zero attached hydrogens (tertiary/aromatic N) is 2. The summed E-state index contributed by atoms with van der Waals surface area (Å²) in [6.07, 6.45) is 3.46. The van der Waals surface area contributed by atoms with Gasteiger partial charge in [0.15, 0.2) is 5.17 Å². The molecular weight excluding hydrogens is 251 g/mol. The summed E-state index contributed by atoms with van der Waals surface area (Å²) in [7, 11) is 0. The third-order valence-corrected chi connectivity index (χ3v) is 3.47. The van der Waals surface area contributed by atoms with E-state index in [0.717, 1.165) is 10.7 Å². The van der Waals surface area contributed by atoms with Crippen LogP contribution in [-0.4, -0.2) is 22.5 Å². The van der Waals surface area contributed by atoms with Crippen LogP contribution in [0.3, 0.4) is 0 Å². The highest BCUT2D eigenvalue weighted by Crippen LogP contribution is 2.26. The third kappa shape index (κ3) is 1.97. The number of amides is 1. The quantitative estimate of drug-likeness (QED) is 0.727. The SMILES string of the molecule is O=C1/C(=C\c2ccc(F)cc2)CN=C2SC=CN12. The van der Waals surface area contributed by atoms with Crippen LogP contribution in [0.5, 0.6) is 0 Å². The Bertz CT molecular complexity index is 590. The largest absolute Gasteiger partial charge is 0.269 e. The fourth-order valence-corrected chi connectivity index (χ4v) is 2.48. The van der Waals surface area contributed by atoms with Crippen LogP contribution in [0, 0.1) is 5.82 Å². The van der Waals surface area contributed by atoms with Gasteiger partial charge in [-0.15, -0.1) is 0 Å². The maximum atomic E-state index is 12.8. The number of fused-ring (bicyclic) bond motifs is 1. The molecule has 0 radical (unpaired) electrons. The van der Waals surface area contributed by atoms with Crippen molar-refractivity contribution in [3.8, 4) is 0 Å². The summed E-state index contributed by atoms with van der Waals surface area (Å²) >= 11 is 1.44. The van der Waals surface area contributed by atoms with Gasteiger partial charge in [-0.1, -0.05) is 23.9 Å². The van der Waals surface area contributed by atoms with Crippen LogP contribution < -0.4 is 0 Å². The smallest absolute Gasteiger partial charge is 0.261 e. The molecule has 18 heavy (non-hydrogen) atoms. The van der Waals surface area contributed by atoms with Gasteiger partial charge < -0.3 is 0 Å². The highest BCUT2D eigenvalue weighted by Gasteiger charge is 2.28. The second-order valence-electron chi connectivity index (χ2n) is 3.90. The van der Waals surface area contributed by atoms with E-state index in [1.807, 2.05) is 5.41 Å². The summed E-state index contributed by atoms with van der Waals surface area (Å²) in [4.78, 5) is 18.0. The molecule has 2 aliphatic rings. The van der Waals surface area contributed by atoms with Gasteiger partial charge in [-0.05, 0) is 29.2 Å². The second-order valence-corrected chi connectivity index (χ2v) is 4.77. The van der Waals surface area contributed by atoms with E-state index in [4.69, 9.17) is 0 Å². The van der Waals surface area contributed by atoms with E-state index >= 15 is 0 Å². The Morgan fingerprint density at radius 2 is 2.11 bits per heavy atom. The summed E-state index contributed by atoms with van der Waals surface area (Å²) in [5.74, 6) is -0.350. The van der Waals surface area contributed by atoms with Crippen LogP contribution in [0.25, 0.3) is 6.08 Å². The van der Waals surface area contributed by atoms with Gasteiger partial charge in [0.25, 0.3) is 5.91 Å². The molecule has 1 amide bonds. The molecule has 0 unspecified atom stereocenters. The third-order valence-electron chi connectivity index (χ3n) is 2.68. The van der Waals surface area contributed by atoms with Gasteiger partial charge >= 0.3 is 0 Å². The Labute approximate surface area is 108 Å². The monoisotopic (exact) mass is 260 g/mol. The number of thioether (sulfide) groups is 1. The first-order valence-corrected chi connectivity index (χ1v) is 6.29. The highest BCUT2D eigenvalue weighted by molar-refractivity contribution is 8.16. The van der Waals surface area contributed by atoms with E-state index in [1.54, 1.807) is 24.4 Å². The maximum Gasteiger partial charge on any atom is 0.261 e. The first-order chi connectivity index (χ1) is 8.74. The Hall–Kier alpha value is -1.88. The number of rotatable bonds is 1. The lowest BCUT2D eigenvalue weighted by Gasteiger charge is -2.20. The molecule has 5 heteroatoms. The average Bonchev–Trinajstić information content (AvgIpc) is 2.84. The molecule has 0 aromatic heterocycles. The summed E-state index contributed by atoms with van der Waals surface area (Å²) in [6.45, 7) is 0.372. The van der Waals surface area contributed by atoms with Gasteiger partial charge in [0, 0.05) is 11.8 Å². The van der Waals surface area contributed by atoms with E-state index in [2.05, 4.69) is 4.99 Å². The molecule has 0 fully saturated rings. The molecular formula is C13H9FN2OS. The van der Waals surface area contributed by atoms with Gasteiger partial charge in [-0.3, -0.25) is 14.7 Å². The normalized spacial score (nSPS) is 20.3. The zero-order chi connectivity index (χ0) is 12.5.